The van der Waals surface area contributed by atoms with Gasteiger partial charge in [-0.05, 0) is 0 Å². The average Bonchev–Trinajstić information content (AvgIpc) is 2.59. The maximum Gasteiger partial charge on any atom is 0.231 e. The van der Waals surface area contributed by atoms with Crippen molar-refractivity contribution in [1.29, 1.82) is 0 Å². The highest BCUT2D eigenvalue weighted by atomic mass is 16.5. The molecule has 0 spiro atoms. The minimum atomic E-state index is -0.396. The highest BCUT2D eigenvalue weighted by Gasteiger charge is 2.25. The SMILES string of the molecule is O=C1C(O)=C(c2ccccc2)OCc2ccccc21. The zero-order chi connectivity index (χ0) is 13.2. The van der Waals surface area contributed by atoms with E-state index in [0.717, 1.165) is 5.56 Å². The number of hydrogen-bond donors (Lipinski definition) is 1. The monoisotopic (exact) mass is 252 g/mol. The van der Waals surface area contributed by atoms with Crippen molar-refractivity contribution in [2.45, 2.75) is 6.61 Å². The molecule has 2 aromatic rings. The molecular formula is C16H12O3. The van der Waals surface area contributed by atoms with Crippen LogP contribution in [0.25, 0.3) is 5.76 Å². The van der Waals surface area contributed by atoms with Crippen LogP contribution in [0.3, 0.4) is 0 Å². The molecule has 1 N–H and O–H groups in total. The molecule has 1 aliphatic heterocycles. The predicted octanol–water partition coefficient (Wildman–Crippen LogP) is 3.33. The van der Waals surface area contributed by atoms with Gasteiger partial charge in [-0.2, -0.15) is 0 Å². The topological polar surface area (TPSA) is 46.5 Å². The number of benzene rings is 2. The first-order valence-corrected chi connectivity index (χ1v) is 6.01. The molecule has 3 nitrogen and oxygen atoms in total. The highest BCUT2D eigenvalue weighted by Crippen LogP contribution is 2.27. The third-order valence-corrected chi connectivity index (χ3v) is 3.10. The third kappa shape index (κ3) is 1.99. The predicted molar refractivity (Wildman–Crippen MR) is 71.6 cm³/mol. The molecule has 0 bridgehead atoms. The molecule has 0 radical (unpaired) electrons. The quantitative estimate of drug-likeness (QED) is 0.846. The first-order valence-electron chi connectivity index (χ1n) is 6.01. The van der Waals surface area contributed by atoms with E-state index < -0.39 is 5.78 Å². The van der Waals surface area contributed by atoms with Crippen molar-refractivity contribution >= 4 is 11.5 Å². The summed E-state index contributed by atoms with van der Waals surface area (Å²) in [6.45, 7) is 0.274. The Bertz CT molecular complexity index is 657. The van der Waals surface area contributed by atoms with Crippen LogP contribution in [0.15, 0.2) is 60.4 Å². The van der Waals surface area contributed by atoms with Gasteiger partial charge in [0.1, 0.15) is 6.61 Å². The van der Waals surface area contributed by atoms with Gasteiger partial charge < -0.3 is 9.84 Å². The molecule has 1 heterocycles. The fourth-order valence-electron chi connectivity index (χ4n) is 2.13. The summed E-state index contributed by atoms with van der Waals surface area (Å²) < 4.78 is 5.61. The Morgan fingerprint density at radius 1 is 0.947 bits per heavy atom. The van der Waals surface area contributed by atoms with E-state index >= 15 is 0 Å². The molecule has 3 rings (SSSR count). The van der Waals surface area contributed by atoms with Gasteiger partial charge in [-0.1, -0.05) is 54.6 Å². The average molecular weight is 252 g/mol. The molecule has 0 saturated heterocycles. The minimum absolute atomic E-state index is 0.238. The summed E-state index contributed by atoms with van der Waals surface area (Å²) in [5.74, 6) is -0.495. The zero-order valence-electron chi connectivity index (χ0n) is 10.2. The van der Waals surface area contributed by atoms with E-state index in [4.69, 9.17) is 4.74 Å². The molecule has 0 aromatic heterocycles. The number of ether oxygens (including phenoxy) is 1. The van der Waals surface area contributed by atoms with Crippen molar-refractivity contribution in [3.63, 3.8) is 0 Å². The summed E-state index contributed by atoms with van der Waals surface area (Å²) in [7, 11) is 0. The van der Waals surface area contributed by atoms with Gasteiger partial charge >= 0.3 is 0 Å². The van der Waals surface area contributed by atoms with Gasteiger partial charge in [-0.3, -0.25) is 4.79 Å². The molecule has 0 unspecified atom stereocenters. The molecule has 94 valence electrons. The van der Waals surface area contributed by atoms with Gasteiger partial charge in [0.05, 0.1) is 0 Å². The molecule has 3 heteroatoms. The number of allylic oxidation sites excluding steroid dienone is 1. The standard InChI is InChI=1S/C16H12O3/c17-14-13-9-5-4-8-12(13)10-19-16(15(14)18)11-6-2-1-3-7-11/h1-9,18H,10H2. The molecule has 19 heavy (non-hydrogen) atoms. The fourth-order valence-corrected chi connectivity index (χ4v) is 2.13. The Balaban J connectivity index is 2.11. The lowest BCUT2D eigenvalue weighted by Crippen LogP contribution is -2.05. The molecule has 0 aliphatic carbocycles. The first-order chi connectivity index (χ1) is 9.27. The van der Waals surface area contributed by atoms with Crippen LogP contribution in [0.4, 0.5) is 0 Å². The highest BCUT2D eigenvalue weighted by molar-refractivity contribution is 6.11. The maximum atomic E-state index is 12.2. The summed E-state index contributed by atoms with van der Waals surface area (Å²) in [6.07, 6.45) is 0. The van der Waals surface area contributed by atoms with Crippen molar-refractivity contribution in [1.82, 2.24) is 0 Å². The van der Waals surface area contributed by atoms with Gasteiger partial charge in [0.25, 0.3) is 0 Å². The lowest BCUT2D eigenvalue weighted by Gasteiger charge is -2.08. The van der Waals surface area contributed by atoms with Crippen molar-refractivity contribution < 1.29 is 14.6 Å². The molecule has 0 amide bonds. The summed E-state index contributed by atoms with van der Waals surface area (Å²) in [5.41, 5.74) is 1.97. The lowest BCUT2D eigenvalue weighted by atomic mass is 10.0. The molecule has 2 aromatic carbocycles. The second kappa shape index (κ2) is 4.61. The number of Topliss-reactive ketones (excluding diaryl/α,β-unsaturated/α-hetero) is 1. The Morgan fingerprint density at radius 2 is 1.63 bits per heavy atom. The van der Waals surface area contributed by atoms with Crippen molar-refractivity contribution in [3.05, 3.63) is 77.0 Å². The van der Waals surface area contributed by atoms with Crippen LogP contribution in [0.1, 0.15) is 21.5 Å². The van der Waals surface area contributed by atoms with E-state index in [1.807, 2.05) is 30.3 Å². The first kappa shape index (κ1) is 11.5. The van der Waals surface area contributed by atoms with Crippen LogP contribution in [0, 0.1) is 0 Å². The second-order valence-corrected chi connectivity index (χ2v) is 4.32. The largest absolute Gasteiger partial charge is 0.502 e. The van der Waals surface area contributed by atoms with Crippen LogP contribution >= 0.6 is 0 Å². The third-order valence-electron chi connectivity index (χ3n) is 3.10. The van der Waals surface area contributed by atoms with Crippen molar-refractivity contribution in [2.75, 3.05) is 0 Å². The Morgan fingerprint density at radius 3 is 2.42 bits per heavy atom. The molecule has 0 fully saturated rings. The number of hydrogen-bond acceptors (Lipinski definition) is 3. The zero-order valence-corrected chi connectivity index (χ0v) is 10.2. The second-order valence-electron chi connectivity index (χ2n) is 4.32. The van der Waals surface area contributed by atoms with Crippen LogP contribution in [-0.2, 0) is 11.3 Å². The van der Waals surface area contributed by atoms with E-state index in [0.29, 0.717) is 11.1 Å². The Hall–Kier alpha value is -2.55. The molecule has 0 atom stereocenters. The van der Waals surface area contributed by atoms with Gasteiger partial charge in [0, 0.05) is 16.7 Å². The molecule has 1 aliphatic rings. The summed E-state index contributed by atoms with van der Waals surface area (Å²) in [6, 6.07) is 16.3. The maximum absolute atomic E-state index is 12.2. The fraction of sp³-hybridized carbons (Fsp3) is 0.0625. The van der Waals surface area contributed by atoms with Crippen molar-refractivity contribution in [3.8, 4) is 0 Å². The lowest BCUT2D eigenvalue weighted by molar-refractivity contribution is 0.0976. The van der Waals surface area contributed by atoms with E-state index in [2.05, 4.69) is 0 Å². The van der Waals surface area contributed by atoms with E-state index in [1.54, 1.807) is 24.3 Å². The van der Waals surface area contributed by atoms with E-state index in [1.165, 1.54) is 0 Å². The van der Waals surface area contributed by atoms with Crippen molar-refractivity contribution in [2.24, 2.45) is 0 Å². The van der Waals surface area contributed by atoms with E-state index in [-0.39, 0.29) is 18.1 Å². The number of aliphatic hydroxyl groups excluding tert-OH is 1. The smallest absolute Gasteiger partial charge is 0.231 e. The van der Waals surface area contributed by atoms with Gasteiger partial charge in [0.15, 0.2) is 5.76 Å². The number of rotatable bonds is 1. The number of aliphatic hydroxyl groups is 1. The van der Waals surface area contributed by atoms with Crippen LogP contribution in [-0.4, -0.2) is 10.9 Å². The Labute approximate surface area is 110 Å². The van der Waals surface area contributed by atoms with Gasteiger partial charge in [-0.25, -0.2) is 0 Å². The van der Waals surface area contributed by atoms with Gasteiger partial charge in [-0.15, -0.1) is 0 Å². The number of carbonyl (C=O) groups excluding carboxylic acids is 1. The summed E-state index contributed by atoms with van der Waals surface area (Å²) >= 11 is 0. The van der Waals surface area contributed by atoms with Gasteiger partial charge in [0.2, 0.25) is 11.5 Å². The van der Waals surface area contributed by atoms with Crippen LogP contribution in [0.2, 0.25) is 0 Å². The summed E-state index contributed by atoms with van der Waals surface area (Å²) in [4.78, 5) is 12.2. The Kier molecular flexibility index (Phi) is 2.80. The van der Waals surface area contributed by atoms with Crippen LogP contribution in [0.5, 0.6) is 0 Å². The summed E-state index contributed by atoms with van der Waals surface area (Å²) in [5, 5.41) is 10.1. The minimum Gasteiger partial charge on any atom is -0.502 e. The number of fused-ring (bicyclic) bond motifs is 1. The normalized spacial score (nSPS) is 14.6. The van der Waals surface area contributed by atoms with E-state index in [9.17, 15) is 9.90 Å². The number of carbonyl (C=O) groups is 1. The number of ketones is 1. The molecular weight excluding hydrogens is 240 g/mol. The molecule has 0 saturated carbocycles. The van der Waals surface area contributed by atoms with Crippen LogP contribution < -0.4 is 0 Å².